The summed E-state index contributed by atoms with van der Waals surface area (Å²) in [4.78, 5) is 29.3. The van der Waals surface area contributed by atoms with Crippen LogP contribution in [0, 0.1) is 0 Å². The first-order valence-electron chi connectivity index (χ1n) is 9.03. The summed E-state index contributed by atoms with van der Waals surface area (Å²) in [5.74, 6) is -1.38. The van der Waals surface area contributed by atoms with Gasteiger partial charge in [-0.15, -0.1) is 11.3 Å². The Labute approximate surface area is 185 Å². The summed E-state index contributed by atoms with van der Waals surface area (Å²) in [5, 5.41) is 4.56. The summed E-state index contributed by atoms with van der Waals surface area (Å²) in [7, 11) is 3.89. The number of nitrogens with zero attached hydrogens (tertiary/aromatic N) is 1. The Hall–Kier alpha value is -3.73. The van der Waals surface area contributed by atoms with Crippen LogP contribution >= 0.6 is 11.3 Å². The molecule has 168 valence electrons. The molecule has 2 aromatic carbocycles. The second-order valence-electron chi connectivity index (χ2n) is 6.11. The molecule has 32 heavy (non-hydrogen) atoms. The molecule has 8 nitrogen and oxygen atoms in total. The van der Waals surface area contributed by atoms with Gasteiger partial charge >= 0.3 is 12.6 Å². The number of carbonyl (C=O) groups is 2. The van der Waals surface area contributed by atoms with Crippen LogP contribution in [0.5, 0.6) is 17.2 Å². The Bertz CT molecular complexity index is 1140. The van der Waals surface area contributed by atoms with Gasteiger partial charge in [-0.3, -0.25) is 4.79 Å². The Morgan fingerprint density at radius 2 is 1.75 bits per heavy atom. The number of methoxy groups -OCH3 is 3. The monoisotopic (exact) mass is 464 g/mol. The predicted molar refractivity (Wildman–Crippen MR) is 113 cm³/mol. The molecule has 0 aliphatic rings. The molecule has 1 aromatic heterocycles. The number of para-hydroxylation sites is 1. The van der Waals surface area contributed by atoms with Gasteiger partial charge in [-0.2, -0.15) is 8.78 Å². The fourth-order valence-electron chi connectivity index (χ4n) is 2.80. The normalized spacial score (nSPS) is 10.6. The van der Waals surface area contributed by atoms with Gasteiger partial charge in [0.15, 0.2) is 11.5 Å². The van der Waals surface area contributed by atoms with Gasteiger partial charge in [-0.05, 0) is 12.1 Å². The zero-order valence-corrected chi connectivity index (χ0v) is 18.0. The van der Waals surface area contributed by atoms with Gasteiger partial charge in [0.25, 0.3) is 5.91 Å². The number of anilines is 1. The molecule has 0 saturated heterocycles. The van der Waals surface area contributed by atoms with E-state index in [2.05, 4.69) is 15.0 Å². The van der Waals surface area contributed by atoms with Crippen molar-refractivity contribution in [3.05, 3.63) is 53.0 Å². The first-order valence-corrected chi connectivity index (χ1v) is 9.91. The molecule has 1 N–H and O–H groups in total. The molecule has 0 fully saturated rings. The molecule has 3 aromatic rings. The van der Waals surface area contributed by atoms with E-state index in [9.17, 15) is 18.4 Å². The molecule has 0 unspecified atom stereocenters. The zero-order chi connectivity index (χ0) is 23.3. The number of benzene rings is 2. The van der Waals surface area contributed by atoms with Crippen LogP contribution < -0.4 is 19.5 Å². The van der Waals surface area contributed by atoms with E-state index in [0.717, 1.165) is 19.2 Å². The molecule has 0 atom stereocenters. The SMILES string of the molecule is COC(=O)c1cc(OC)c(OC(F)F)cc1NC(=O)c1csc(-c2ccccc2OC)n1. The summed E-state index contributed by atoms with van der Waals surface area (Å²) in [6.07, 6.45) is 0. The molecule has 0 aliphatic carbocycles. The average Bonchev–Trinajstić information content (AvgIpc) is 3.28. The van der Waals surface area contributed by atoms with Crippen molar-refractivity contribution < 1.29 is 37.3 Å². The number of aromatic nitrogens is 1. The lowest BCUT2D eigenvalue weighted by Gasteiger charge is -2.15. The number of ether oxygens (including phenoxy) is 4. The average molecular weight is 464 g/mol. The smallest absolute Gasteiger partial charge is 0.387 e. The number of thiazole rings is 1. The fourth-order valence-corrected chi connectivity index (χ4v) is 3.63. The third kappa shape index (κ3) is 4.94. The number of hydrogen-bond donors (Lipinski definition) is 1. The standard InChI is InChI=1S/C21H18F2N2O6S/c1-28-15-7-5-4-6-11(15)19-25-14(10-32-19)18(26)24-13-9-17(31-21(22)23)16(29-2)8-12(13)20(27)30-3/h4-10,21H,1-3H3,(H,24,26). The first-order chi connectivity index (χ1) is 15.4. The van der Waals surface area contributed by atoms with Crippen LogP contribution in [-0.4, -0.2) is 44.8 Å². The van der Waals surface area contributed by atoms with Crippen molar-refractivity contribution >= 4 is 28.9 Å². The first kappa shape index (κ1) is 22.9. The lowest BCUT2D eigenvalue weighted by molar-refractivity contribution is -0.0511. The van der Waals surface area contributed by atoms with Crippen LogP contribution in [0.15, 0.2) is 41.8 Å². The Morgan fingerprint density at radius 3 is 2.41 bits per heavy atom. The second-order valence-corrected chi connectivity index (χ2v) is 6.97. The summed E-state index contributed by atoms with van der Waals surface area (Å²) >= 11 is 1.22. The van der Waals surface area contributed by atoms with E-state index in [4.69, 9.17) is 14.2 Å². The summed E-state index contributed by atoms with van der Waals surface area (Å²) in [5.41, 5.74) is 0.537. The van der Waals surface area contributed by atoms with Crippen LogP contribution in [0.1, 0.15) is 20.8 Å². The molecule has 0 spiro atoms. The molecule has 1 heterocycles. The second kappa shape index (κ2) is 10.1. The summed E-state index contributed by atoms with van der Waals surface area (Å²) in [6, 6.07) is 9.38. The number of halogens is 2. The fraction of sp³-hybridized carbons (Fsp3) is 0.190. The third-order valence-corrected chi connectivity index (χ3v) is 5.12. The predicted octanol–water partition coefficient (Wildman–Crippen LogP) is 4.47. The van der Waals surface area contributed by atoms with Gasteiger partial charge in [-0.25, -0.2) is 9.78 Å². The van der Waals surface area contributed by atoms with Crippen molar-refractivity contribution in [3.8, 4) is 27.8 Å². The largest absolute Gasteiger partial charge is 0.496 e. The van der Waals surface area contributed by atoms with Crippen LogP contribution in [0.3, 0.4) is 0 Å². The highest BCUT2D eigenvalue weighted by Crippen LogP contribution is 2.36. The maximum Gasteiger partial charge on any atom is 0.387 e. The highest BCUT2D eigenvalue weighted by molar-refractivity contribution is 7.13. The Balaban J connectivity index is 1.94. The van der Waals surface area contributed by atoms with E-state index in [0.29, 0.717) is 16.3 Å². The highest BCUT2D eigenvalue weighted by Gasteiger charge is 2.22. The van der Waals surface area contributed by atoms with Crippen molar-refractivity contribution in [2.45, 2.75) is 6.61 Å². The molecule has 1 amide bonds. The van der Waals surface area contributed by atoms with Crippen molar-refractivity contribution in [2.75, 3.05) is 26.6 Å². The number of amides is 1. The van der Waals surface area contributed by atoms with E-state index in [-0.39, 0.29) is 28.4 Å². The van der Waals surface area contributed by atoms with E-state index in [1.165, 1.54) is 30.9 Å². The molecule has 0 aliphatic heterocycles. The zero-order valence-electron chi connectivity index (χ0n) is 17.2. The van der Waals surface area contributed by atoms with Gasteiger partial charge in [0.1, 0.15) is 16.5 Å². The lowest BCUT2D eigenvalue weighted by atomic mass is 10.1. The molecule has 11 heteroatoms. The van der Waals surface area contributed by atoms with Crippen molar-refractivity contribution in [1.82, 2.24) is 4.98 Å². The van der Waals surface area contributed by atoms with Crippen LogP contribution in [0.4, 0.5) is 14.5 Å². The van der Waals surface area contributed by atoms with E-state index in [1.807, 2.05) is 6.07 Å². The summed E-state index contributed by atoms with van der Waals surface area (Å²) < 4.78 is 45.0. The maximum absolute atomic E-state index is 12.8. The van der Waals surface area contributed by atoms with Crippen molar-refractivity contribution in [3.63, 3.8) is 0 Å². The van der Waals surface area contributed by atoms with Crippen LogP contribution in [0.2, 0.25) is 0 Å². The topological polar surface area (TPSA) is 96.0 Å². The molecule has 3 rings (SSSR count). The number of nitrogens with one attached hydrogen (secondary N) is 1. The highest BCUT2D eigenvalue weighted by atomic mass is 32.1. The third-order valence-electron chi connectivity index (χ3n) is 4.25. The van der Waals surface area contributed by atoms with E-state index < -0.39 is 18.5 Å². The van der Waals surface area contributed by atoms with Crippen molar-refractivity contribution in [2.24, 2.45) is 0 Å². The quantitative estimate of drug-likeness (QED) is 0.492. The van der Waals surface area contributed by atoms with Gasteiger partial charge in [0, 0.05) is 17.5 Å². The number of carbonyl (C=O) groups excluding carboxylic acids is 2. The van der Waals surface area contributed by atoms with E-state index in [1.54, 1.807) is 18.2 Å². The molecule has 0 radical (unpaired) electrons. The number of hydrogen-bond acceptors (Lipinski definition) is 8. The minimum absolute atomic E-state index is 0.0545. The molecule has 0 bridgehead atoms. The van der Waals surface area contributed by atoms with Crippen LogP contribution in [-0.2, 0) is 4.74 Å². The maximum atomic E-state index is 12.8. The molecular weight excluding hydrogens is 446 g/mol. The van der Waals surface area contributed by atoms with Gasteiger partial charge in [-0.1, -0.05) is 12.1 Å². The molecular formula is C21H18F2N2O6S. The van der Waals surface area contributed by atoms with Gasteiger partial charge in [0.05, 0.1) is 38.1 Å². The lowest BCUT2D eigenvalue weighted by Crippen LogP contribution is -2.16. The van der Waals surface area contributed by atoms with Gasteiger partial charge in [0.2, 0.25) is 0 Å². The minimum atomic E-state index is -3.14. The van der Waals surface area contributed by atoms with Crippen molar-refractivity contribution in [1.29, 1.82) is 0 Å². The van der Waals surface area contributed by atoms with Crippen LogP contribution in [0.25, 0.3) is 10.6 Å². The number of rotatable bonds is 8. The Morgan fingerprint density at radius 1 is 1.03 bits per heavy atom. The number of esters is 1. The van der Waals surface area contributed by atoms with Gasteiger partial charge < -0.3 is 24.3 Å². The molecule has 0 saturated carbocycles. The number of alkyl halides is 2. The Kier molecular flexibility index (Phi) is 7.21. The van der Waals surface area contributed by atoms with E-state index >= 15 is 0 Å². The summed E-state index contributed by atoms with van der Waals surface area (Å²) in [6.45, 7) is -3.14. The minimum Gasteiger partial charge on any atom is -0.496 e.